The fraction of sp³-hybridized carbons (Fsp3) is 0.429. The molecule has 0 aromatic carbocycles. The Morgan fingerprint density at radius 2 is 2.17 bits per heavy atom. The van der Waals surface area contributed by atoms with Crippen molar-refractivity contribution in [3.8, 4) is 0 Å². The number of carbonyl (C=O) groups excluding carboxylic acids is 1. The van der Waals surface area contributed by atoms with E-state index in [9.17, 15) is 18.0 Å². The van der Waals surface area contributed by atoms with Crippen molar-refractivity contribution < 1.29 is 22.7 Å². The molecule has 23 heavy (non-hydrogen) atoms. The van der Waals surface area contributed by atoms with E-state index in [1.807, 2.05) is 0 Å². The molecule has 0 bridgehead atoms. The number of nitrogens with zero attached hydrogens (tertiary/aromatic N) is 1. The Morgan fingerprint density at radius 3 is 2.78 bits per heavy atom. The summed E-state index contributed by atoms with van der Waals surface area (Å²) < 4.78 is 43.3. The highest BCUT2D eigenvalue weighted by Gasteiger charge is 2.34. The first kappa shape index (κ1) is 17.5. The molecule has 0 aliphatic carbocycles. The number of ether oxygens (including phenoxy) is 1. The maximum Gasteiger partial charge on any atom is 0.433 e. The van der Waals surface area contributed by atoms with E-state index in [1.54, 1.807) is 7.11 Å². The van der Waals surface area contributed by atoms with Gasteiger partial charge in [-0.15, -0.1) is 11.3 Å². The zero-order valence-corrected chi connectivity index (χ0v) is 13.4. The van der Waals surface area contributed by atoms with Crippen molar-refractivity contribution >= 4 is 33.1 Å². The molecule has 9 heteroatoms. The van der Waals surface area contributed by atoms with Gasteiger partial charge in [-0.25, -0.2) is 4.98 Å². The fourth-order valence-corrected chi connectivity index (χ4v) is 3.21. The van der Waals surface area contributed by atoms with Crippen LogP contribution in [0.2, 0.25) is 0 Å². The smallest absolute Gasteiger partial charge is 0.397 e. The third-order valence-corrected chi connectivity index (χ3v) is 4.30. The average molecular weight is 347 g/mol. The summed E-state index contributed by atoms with van der Waals surface area (Å²) in [5, 5.41) is 3.05. The highest BCUT2D eigenvalue weighted by molar-refractivity contribution is 7.21. The number of hydrogen-bond donors (Lipinski definition) is 2. The predicted molar refractivity (Wildman–Crippen MR) is 82.6 cm³/mol. The molecular formula is C14H16F3N3O2S. The lowest BCUT2D eigenvalue weighted by atomic mass is 10.1. The molecule has 2 aromatic rings. The van der Waals surface area contributed by atoms with Gasteiger partial charge in [0.05, 0.1) is 5.69 Å². The second kappa shape index (κ2) is 6.71. The first-order valence-electron chi connectivity index (χ1n) is 6.79. The Hall–Kier alpha value is -1.87. The zero-order chi connectivity index (χ0) is 17.2. The zero-order valence-electron chi connectivity index (χ0n) is 12.6. The quantitative estimate of drug-likeness (QED) is 0.815. The Balaban J connectivity index is 2.34. The minimum Gasteiger partial charge on any atom is -0.397 e. The summed E-state index contributed by atoms with van der Waals surface area (Å²) in [5.41, 5.74) is 5.45. The lowest BCUT2D eigenvalue weighted by Gasteiger charge is -2.07. The van der Waals surface area contributed by atoms with Crippen LogP contribution in [0, 0.1) is 6.92 Å². The fourth-order valence-electron chi connectivity index (χ4n) is 2.12. The molecule has 5 nitrogen and oxygen atoms in total. The molecule has 126 valence electrons. The van der Waals surface area contributed by atoms with Crippen LogP contribution in [0.5, 0.6) is 0 Å². The van der Waals surface area contributed by atoms with Crippen molar-refractivity contribution in [1.29, 1.82) is 0 Å². The van der Waals surface area contributed by atoms with E-state index in [0.29, 0.717) is 30.5 Å². The van der Waals surface area contributed by atoms with E-state index >= 15 is 0 Å². The topological polar surface area (TPSA) is 77.2 Å². The second-order valence-corrected chi connectivity index (χ2v) is 5.95. The lowest BCUT2D eigenvalue weighted by Crippen LogP contribution is -2.25. The molecule has 0 aliphatic rings. The number of nitrogen functional groups attached to an aromatic ring is 1. The number of pyridine rings is 1. The monoisotopic (exact) mass is 347 g/mol. The van der Waals surface area contributed by atoms with Gasteiger partial charge in [0.1, 0.15) is 15.4 Å². The van der Waals surface area contributed by atoms with Crippen LogP contribution >= 0.6 is 11.3 Å². The van der Waals surface area contributed by atoms with Crippen LogP contribution in [0.25, 0.3) is 10.2 Å². The molecule has 2 heterocycles. The first-order chi connectivity index (χ1) is 10.8. The van der Waals surface area contributed by atoms with Crippen LogP contribution < -0.4 is 11.1 Å². The van der Waals surface area contributed by atoms with Crippen LogP contribution in [0.3, 0.4) is 0 Å². The van der Waals surface area contributed by atoms with Gasteiger partial charge in [-0.05, 0) is 25.0 Å². The molecule has 0 atom stereocenters. The van der Waals surface area contributed by atoms with E-state index in [-0.39, 0.29) is 15.4 Å². The summed E-state index contributed by atoms with van der Waals surface area (Å²) in [7, 11) is 1.55. The van der Waals surface area contributed by atoms with Crippen LogP contribution in [0.1, 0.15) is 27.3 Å². The Morgan fingerprint density at radius 1 is 1.48 bits per heavy atom. The maximum absolute atomic E-state index is 12.8. The molecule has 0 saturated carbocycles. The van der Waals surface area contributed by atoms with Crippen molar-refractivity contribution in [1.82, 2.24) is 10.3 Å². The summed E-state index contributed by atoms with van der Waals surface area (Å²) in [6, 6.07) is 0.936. The number of thiophene rings is 1. The SMILES string of the molecule is COCCCNC(=O)c1sc2nc(C(F)(F)F)cc(C)c2c1N. The Kier molecular flexibility index (Phi) is 5.10. The summed E-state index contributed by atoms with van der Waals surface area (Å²) >= 11 is 0.861. The third-order valence-electron chi connectivity index (χ3n) is 3.20. The van der Waals surface area contributed by atoms with E-state index in [1.165, 1.54) is 6.92 Å². The number of nitrogens with two attached hydrogens (primary N) is 1. The first-order valence-corrected chi connectivity index (χ1v) is 7.61. The molecule has 0 unspecified atom stereocenters. The van der Waals surface area contributed by atoms with E-state index in [0.717, 1.165) is 17.4 Å². The number of alkyl halides is 3. The molecule has 0 radical (unpaired) electrons. The third kappa shape index (κ3) is 3.73. The number of carbonyl (C=O) groups is 1. The van der Waals surface area contributed by atoms with E-state index in [2.05, 4.69) is 10.3 Å². The predicted octanol–water partition coefficient (Wildman–Crippen LogP) is 2.97. The largest absolute Gasteiger partial charge is 0.433 e. The average Bonchev–Trinajstić information content (AvgIpc) is 2.80. The Labute approximate surface area is 134 Å². The van der Waals surface area contributed by atoms with Crippen molar-refractivity contribution in [2.75, 3.05) is 26.0 Å². The van der Waals surface area contributed by atoms with Gasteiger partial charge in [-0.2, -0.15) is 13.2 Å². The van der Waals surface area contributed by atoms with Crippen LogP contribution in [0.15, 0.2) is 6.07 Å². The van der Waals surface area contributed by atoms with Gasteiger partial charge in [0.15, 0.2) is 0 Å². The molecule has 0 saturated heterocycles. The minimum atomic E-state index is -4.54. The molecule has 2 rings (SSSR count). The van der Waals surface area contributed by atoms with Gasteiger partial charge in [0.25, 0.3) is 5.91 Å². The van der Waals surface area contributed by atoms with E-state index in [4.69, 9.17) is 10.5 Å². The van der Waals surface area contributed by atoms with Gasteiger partial charge >= 0.3 is 6.18 Å². The van der Waals surface area contributed by atoms with Crippen LogP contribution in [-0.4, -0.2) is 31.2 Å². The number of aromatic nitrogens is 1. The number of fused-ring (bicyclic) bond motifs is 1. The van der Waals surface area contributed by atoms with Gasteiger partial charge < -0.3 is 15.8 Å². The van der Waals surface area contributed by atoms with E-state index < -0.39 is 17.8 Å². The number of nitrogens with one attached hydrogen (secondary N) is 1. The molecule has 3 N–H and O–H groups in total. The van der Waals surface area contributed by atoms with Gasteiger partial charge in [0, 0.05) is 25.6 Å². The standard InChI is InChI=1S/C14H16F3N3O2S/c1-7-6-8(14(15,16)17)20-13-9(7)10(18)11(23-13)12(21)19-4-3-5-22-2/h6H,3-5,18H2,1-2H3,(H,19,21). The summed E-state index contributed by atoms with van der Waals surface area (Å²) in [6.45, 7) is 2.40. The highest BCUT2D eigenvalue weighted by atomic mass is 32.1. The molecule has 0 spiro atoms. The number of anilines is 1. The van der Waals surface area contributed by atoms with Gasteiger partial charge in [-0.3, -0.25) is 4.79 Å². The normalized spacial score (nSPS) is 11.9. The number of amides is 1. The van der Waals surface area contributed by atoms with Crippen molar-refractivity contribution in [2.24, 2.45) is 0 Å². The second-order valence-electron chi connectivity index (χ2n) is 4.95. The number of hydrogen-bond acceptors (Lipinski definition) is 5. The number of halogens is 3. The number of methoxy groups -OCH3 is 1. The maximum atomic E-state index is 12.8. The van der Waals surface area contributed by atoms with Crippen molar-refractivity contribution in [2.45, 2.75) is 19.5 Å². The molecule has 0 aliphatic heterocycles. The minimum absolute atomic E-state index is 0.108. The summed E-state index contributed by atoms with van der Waals surface area (Å²) in [4.78, 5) is 16.0. The molecule has 0 fully saturated rings. The van der Waals surface area contributed by atoms with Crippen molar-refractivity contribution in [3.05, 3.63) is 22.2 Å². The highest BCUT2D eigenvalue weighted by Crippen LogP contribution is 2.38. The van der Waals surface area contributed by atoms with Gasteiger partial charge in [0.2, 0.25) is 0 Å². The molecule has 1 amide bonds. The van der Waals surface area contributed by atoms with Crippen LogP contribution in [0.4, 0.5) is 18.9 Å². The lowest BCUT2D eigenvalue weighted by molar-refractivity contribution is -0.141. The van der Waals surface area contributed by atoms with Crippen LogP contribution in [-0.2, 0) is 10.9 Å². The van der Waals surface area contributed by atoms with Crippen molar-refractivity contribution in [3.63, 3.8) is 0 Å². The number of rotatable bonds is 5. The Bertz CT molecular complexity index is 728. The summed E-state index contributed by atoms with van der Waals surface area (Å²) in [6.07, 6.45) is -3.91. The summed E-state index contributed by atoms with van der Waals surface area (Å²) in [5.74, 6) is -0.422. The number of aryl methyl sites for hydroxylation is 1. The van der Waals surface area contributed by atoms with Gasteiger partial charge in [-0.1, -0.05) is 0 Å². The molecule has 2 aromatic heterocycles. The molecular weight excluding hydrogens is 331 g/mol.